The van der Waals surface area contributed by atoms with Gasteiger partial charge in [-0.05, 0) is 39.0 Å². The summed E-state index contributed by atoms with van der Waals surface area (Å²) in [5.41, 5.74) is 0. The highest BCUT2D eigenvalue weighted by molar-refractivity contribution is 5.91. The van der Waals surface area contributed by atoms with Crippen molar-refractivity contribution in [2.45, 2.75) is 32.9 Å². The lowest BCUT2D eigenvalue weighted by molar-refractivity contribution is 0.0544. The van der Waals surface area contributed by atoms with Gasteiger partial charge >= 0.3 is 0 Å². The molecule has 0 radical (unpaired) electrons. The number of ether oxygens (including phenoxy) is 1. The largest absolute Gasteiger partial charge is 0.426 e. The predicted molar refractivity (Wildman–Crippen MR) is 83.1 cm³/mol. The van der Waals surface area contributed by atoms with Gasteiger partial charge in [0.15, 0.2) is 5.76 Å². The average Bonchev–Trinajstić information content (AvgIpc) is 2.93. The van der Waals surface area contributed by atoms with Crippen LogP contribution in [0.25, 0.3) is 0 Å². The fourth-order valence-corrected chi connectivity index (χ4v) is 2.05. The molecule has 2 aromatic rings. The van der Waals surface area contributed by atoms with Crippen molar-refractivity contribution in [3.05, 3.63) is 48.2 Å². The first-order valence-electron chi connectivity index (χ1n) is 7.29. The van der Waals surface area contributed by atoms with E-state index in [1.54, 1.807) is 36.1 Å². The number of nitrogens with zero attached hydrogens (tertiary/aromatic N) is 1. The van der Waals surface area contributed by atoms with Crippen LogP contribution in [-0.4, -0.2) is 34.6 Å². The maximum Gasteiger partial charge on any atom is 0.290 e. The van der Waals surface area contributed by atoms with Crippen LogP contribution in [0, 0.1) is 0 Å². The fraction of sp³-hybridized carbons (Fsp3) is 0.353. The van der Waals surface area contributed by atoms with Gasteiger partial charge in [0, 0.05) is 18.7 Å². The van der Waals surface area contributed by atoms with Crippen LogP contribution in [0.4, 0.5) is 0 Å². The summed E-state index contributed by atoms with van der Waals surface area (Å²) >= 11 is 0. The summed E-state index contributed by atoms with van der Waals surface area (Å²) in [6, 6.07) is 12.4. The van der Waals surface area contributed by atoms with Crippen LogP contribution in [-0.2, 0) is 0 Å². The molecular formula is C17H21NO4. The van der Waals surface area contributed by atoms with E-state index >= 15 is 0 Å². The van der Waals surface area contributed by atoms with Gasteiger partial charge in [-0.15, -0.1) is 0 Å². The van der Waals surface area contributed by atoms with E-state index in [4.69, 9.17) is 9.15 Å². The molecule has 0 spiro atoms. The Hall–Kier alpha value is -2.27. The van der Waals surface area contributed by atoms with Gasteiger partial charge < -0.3 is 19.2 Å². The number of carbonyl (C=O) groups is 1. The van der Waals surface area contributed by atoms with E-state index in [2.05, 4.69) is 0 Å². The van der Waals surface area contributed by atoms with Gasteiger partial charge in [-0.1, -0.05) is 18.2 Å². The van der Waals surface area contributed by atoms with Gasteiger partial charge in [-0.25, -0.2) is 0 Å². The number of benzene rings is 1. The van der Waals surface area contributed by atoms with Gasteiger partial charge in [0.1, 0.15) is 5.75 Å². The molecule has 1 unspecified atom stereocenters. The van der Waals surface area contributed by atoms with E-state index in [9.17, 15) is 9.90 Å². The molecule has 0 saturated carbocycles. The van der Waals surface area contributed by atoms with Crippen LogP contribution in [0.1, 0.15) is 31.3 Å². The zero-order valence-electron chi connectivity index (χ0n) is 13.0. The molecule has 5 heteroatoms. The standard InChI is InChI=1S/C17H21NO4/c1-12(2)18(11-13(3)19)17(20)15-9-10-16(22-15)21-14-7-5-4-6-8-14/h4-10,12-13,19H,11H2,1-3H3. The molecule has 0 saturated heterocycles. The molecule has 0 aliphatic rings. The van der Waals surface area contributed by atoms with Crippen LogP contribution >= 0.6 is 0 Å². The first-order chi connectivity index (χ1) is 10.5. The highest BCUT2D eigenvalue weighted by atomic mass is 16.6. The monoisotopic (exact) mass is 303 g/mol. The number of para-hydroxylation sites is 1. The Morgan fingerprint density at radius 2 is 1.86 bits per heavy atom. The van der Waals surface area contributed by atoms with Gasteiger partial charge in [0.25, 0.3) is 11.9 Å². The van der Waals surface area contributed by atoms with Crippen molar-refractivity contribution >= 4 is 5.91 Å². The number of rotatable bonds is 6. The van der Waals surface area contributed by atoms with Crippen LogP contribution < -0.4 is 4.74 Å². The Balaban J connectivity index is 2.10. The average molecular weight is 303 g/mol. The topological polar surface area (TPSA) is 62.9 Å². The third-order valence-electron chi connectivity index (χ3n) is 3.10. The fourth-order valence-electron chi connectivity index (χ4n) is 2.05. The van der Waals surface area contributed by atoms with Gasteiger partial charge in [-0.2, -0.15) is 0 Å². The Labute approximate surface area is 130 Å². The van der Waals surface area contributed by atoms with Gasteiger partial charge in [0.05, 0.1) is 6.10 Å². The van der Waals surface area contributed by atoms with E-state index < -0.39 is 6.10 Å². The van der Waals surface area contributed by atoms with Crippen molar-refractivity contribution in [1.82, 2.24) is 4.90 Å². The number of hydrogen-bond donors (Lipinski definition) is 1. The SMILES string of the molecule is CC(O)CN(C(=O)c1ccc(Oc2ccccc2)o1)C(C)C. The first kappa shape index (κ1) is 16.1. The molecular weight excluding hydrogens is 282 g/mol. The molecule has 0 fully saturated rings. The maximum absolute atomic E-state index is 12.5. The lowest BCUT2D eigenvalue weighted by atomic mass is 10.2. The zero-order chi connectivity index (χ0) is 16.1. The van der Waals surface area contributed by atoms with Crippen molar-refractivity contribution in [3.8, 4) is 11.7 Å². The second kappa shape index (κ2) is 7.13. The van der Waals surface area contributed by atoms with E-state index in [-0.39, 0.29) is 30.2 Å². The van der Waals surface area contributed by atoms with Crippen molar-refractivity contribution in [3.63, 3.8) is 0 Å². The zero-order valence-corrected chi connectivity index (χ0v) is 13.0. The second-order valence-electron chi connectivity index (χ2n) is 5.43. The molecule has 1 aromatic carbocycles. The van der Waals surface area contributed by atoms with E-state index in [0.717, 1.165) is 0 Å². The number of aliphatic hydroxyl groups is 1. The van der Waals surface area contributed by atoms with Crippen molar-refractivity contribution in [2.75, 3.05) is 6.54 Å². The summed E-state index contributed by atoms with van der Waals surface area (Å²) in [6.45, 7) is 5.69. The summed E-state index contributed by atoms with van der Waals surface area (Å²) in [5, 5.41) is 9.52. The van der Waals surface area contributed by atoms with Crippen LogP contribution in [0.2, 0.25) is 0 Å². The number of furan rings is 1. The highest BCUT2D eigenvalue weighted by Gasteiger charge is 2.23. The summed E-state index contributed by atoms with van der Waals surface area (Å²) < 4.78 is 11.0. The van der Waals surface area contributed by atoms with Crippen LogP contribution in [0.3, 0.4) is 0 Å². The Bertz CT molecular complexity index is 604. The summed E-state index contributed by atoms with van der Waals surface area (Å²) in [5.74, 6) is 0.829. The quantitative estimate of drug-likeness (QED) is 0.889. The van der Waals surface area contributed by atoms with E-state index in [1.165, 1.54) is 0 Å². The normalized spacial score (nSPS) is 12.2. The van der Waals surface area contributed by atoms with Gasteiger partial charge in [0.2, 0.25) is 0 Å². The molecule has 2 rings (SSSR count). The predicted octanol–water partition coefficient (Wildman–Crippen LogP) is 3.30. The number of hydrogen-bond acceptors (Lipinski definition) is 4. The summed E-state index contributed by atoms with van der Waals surface area (Å²) in [7, 11) is 0. The van der Waals surface area contributed by atoms with Crippen molar-refractivity contribution in [1.29, 1.82) is 0 Å². The minimum Gasteiger partial charge on any atom is -0.426 e. The number of amides is 1. The lowest BCUT2D eigenvalue weighted by Gasteiger charge is -2.26. The van der Waals surface area contributed by atoms with Crippen LogP contribution in [0.15, 0.2) is 46.9 Å². The highest BCUT2D eigenvalue weighted by Crippen LogP contribution is 2.24. The first-order valence-corrected chi connectivity index (χ1v) is 7.29. The molecule has 118 valence electrons. The molecule has 1 N–H and O–H groups in total. The number of carbonyl (C=O) groups excluding carboxylic acids is 1. The second-order valence-corrected chi connectivity index (χ2v) is 5.43. The third kappa shape index (κ3) is 4.11. The molecule has 0 aliphatic carbocycles. The maximum atomic E-state index is 12.5. The molecule has 1 atom stereocenters. The Morgan fingerprint density at radius 3 is 2.45 bits per heavy atom. The van der Waals surface area contributed by atoms with Crippen LogP contribution in [0.5, 0.6) is 11.7 Å². The molecule has 0 bridgehead atoms. The summed E-state index contributed by atoms with van der Waals surface area (Å²) in [4.78, 5) is 14.0. The minimum atomic E-state index is -0.596. The Kier molecular flexibility index (Phi) is 5.22. The smallest absolute Gasteiger partial charge is 0.290 e. The van der Waals surface area contributed by atoms with Crippen molar-refractivity contribution < 1.29 is 19.1 Å². The van der Waals surface area contributed by atoms with Gasteiger partial charge in [-0.3, -0.25) is 4.79 Å². The van der Waals surface area contributed by atoms with Crippen molar-refractivity contribution in [2.24, 2.45) is 0 Å². The molecule has 1 amide bonds. The summed E-state index contributed by atoms with van der Waals surface area (Å²) in [6.07, 6.45) is -0.596. The number of aliphatic hydroxyl groups excluding tert-OH is 1. The Morgan fingerprint density at radius 1 is 1.18 bits per heavy atom. The molecule has 1 aromatic heterocycles. The van der Waals surface area contributed by atoms with E-state index in [0.29, 0.717) is 5.75 Å². The molecule has 1 heterocycles. The molecule has 5 nitrogen and oxygen atoms in total. The molecule has 22 heavy (non-hydrogen) atoms. The third-order valence-corrected chi connectivity index (χ3v) is 3.10. The molecule has 0 aliphatic heterocycles. The lowest BCUT2D eigenvalue weighted by Crippen LogP contribution is -2.41. The van der Waals surface area contributed by atoms with E-state index in [1.807, 2.05) is 32.0 Å². The minimum absolute atomic E-state index is 0.0364.